The number of pyridine rings is 1. The van der Waals surface area contributed by atoms with Gasteiger partial charge in [0.1, 0.15) is 6.04 Å². The third kappa shape index (κ3) is 5.85. The van der Waals surface area contributed by atoms with E-state index in [4.69, 9.17) is 5.11 Å². The van der Waals surface area contributed by atoms with Gasteiger partial charge in [0.05, 0.1) is 0 Å². The largest absolute Gasteiger partial charge is 0.480 e. The smallest absolute Gasteiger partial charge is 0.326 e. The molecule has 19 heavy (non-hydrogen) atoms. The van der Waals surface area contributed by atoms with Crippen LogP contribution in [0.3, 0.4) is 0 Å². The van der Waals surface area contributed by atoms with Crippen molar-refractivity contribution in [1.29, 1.82) is 0 Å². The lowest BCUT2D eigenvalue weighted by Crippen LogP contribution is -2.46. The summed E-state index contributed by atoms with van der Waals surface area (Å²) in [5, 5.41) is 14.1. The number of carbonyl (C=O) groups is 2. The van der Waals surface area contributed by atoms with Crippen LogP contribution in [-0.4, -0.2) is 28.1 Å². The molecule has 1 aromatic heterocycles. The summed E-state index contributed by atoms with van der Waals surface area (Å²) >= 11 is 0. The summed E-state index contributed by atoms with van der Waals surface area (Å²) in [6, 6.07) is 2.22. The van der Waals surface area contributed by atoms with Gasteiger partial charge < -0.3 is 15.7 Å². The third-order valence-electron chi connectivity index (χ3n) is 2.51. The van der Waals surface area contributed by atoms with Gasteiger partial charge in [-0.25, -0.2) is 9.59 Å². The topological polar surface area (TPSA) is 91.3 Å². The third-order valence-corrected chi connectivity index (χ3v) is 2.51. The molecule has 0 fully saturated rings. The van der Waals surface area contributed by atoms with Gasteiger partial charge in [-0.2, -0.15) is 0 Å². The van der Waals surface area contributed by atoms with Gasteiger partial charge in [-0.15, -0.1) is 0 Å². The van der Waals surface area contributed by atoms with Gasteiger partial charge in [0, 0.05) is 18.9 Å². The number of hydrogen-bond donors (Lipinski definition) is 3. The number of carbonyl (C=O) groups excluding carboxylic acids is 1. The first-order valence-electron chi connectivity index (χ1n) is 6.15. The summed E-state index contributed by atoms with van der Waals surface area (Å²) < 4.78 is 0. The molecule has 0 saturated heterocycles. The van der Waals surface area contributed by atoms with E-state index in [-0.39, 0.29) is 5.92 Å². The maximum absolute atomic E-state index is 11.6. The van der Waals surface area contributed by atoms with Gasteiger partial charge in [-0.3, -0.25) is 4.98 Å². The molecule has 2 amide bonds. The van der Waals surface area contributed by atoms with E-state index in [0.29, 0.717) is 13.0 Å². The molecule has 1 aromatic rings. The van der Waals surface area contributed by atoms with Crippen LogP contribution in [0.15, 0.2) is 24.5 Å². The van der Waals surface area contributed by atoms with Crippen LogP contribution in [-0.2, 0) is 11.3 Å². The van der Waals surface area contributed by atoms with Crippen LogP contribution in [0.25, 0.3) is 0 Å². The van der Waals surface area contributed by atoms with Gasteiger partial charge in [0.25, 0.3) is 0 Å². The highest BCUT2D eigenvalue weighted by Gasteiger charge is 2.20. The van der Waals surface area contributed by atoms with Crippen molar-refractivity contribution in [2.75, 3.05) is 0 Å². The molecule has 0 aliphatic heterocycles. The van der Waals surface area contributed by atoms with Crippen molar-refractivity contribution in [3.63, 3.8) is 0 Å². The van der Waals surface area contributed by atoms with Crippen molar-refractivity contribution in [3.8, 4) is 0 Å². The van der Waals surface area contributed by atoms with Crippen LogP contribution >= 0.6 is 0 Å². The SMILES string of the molecule is CC(C)C[C@H](NC(=O)NCc1ccncc1)C(=O)O. The number of aliphatic carboxylic acids is 1. The van der Waals surface area contributed by atoms with Crippen molar-refractivity contribution in [3.05, 3.63) is 30.1 Å². The zero-order chi connectivity index (χ0) is 14.3. The molecule has 0 bridgehead atoms. The fourth-order valence-corrected chi connectivity index (χ4v) is 1.59. The van der Waals surface area contributed by atoms with Crippen molar-refractivity contribution in [2.45, 2.75) is 32.9 Å². The first-order valence-corrected chi connectivity index (χ1v) is 6.15. The second kappa shape index (κ2) is 7.35. The Kier molecular flexibility index (Phi) is 5.78. The zero-order valence-electron chi connectivity index (χ0n) is 11.1. The van der Waals surface area contributed by atoms with E-state index in [9.17, 15) is 9.59 Å². The average Bonchev–Trinajstić information content (AvgIpc) is 2.36. The minimum atomic E-state index is -1.02. The molecule has 0 aromatic carbocycles. The van der Waals surface area contributed by atoms with Gasteiger partial charge in [0.2, 0.25) is 0 Å². The molecule has 6 nitrogen and oxygen atoms in total. The number of hydrogen-bond acceptors (Lipinski definition) is 3. The van der Waals surface area contributed by atoms with E-state index in [1.807, 2.05) is 13.8 Å². The molecule has 6 heteroatoms. The molecule has 0 radical (unpaired) electrons. The molecule has 1 rings (SSSR count). The first kappa shape index (κ1) is 14.9. The summed E-state index contributed by atoms with van der Waals surface area (Å²) in [4.78, 5) is 26.5. The first-order chi connectivity index (χ1) is 8.99. The molecule has 0 aliphatic carbocycles. The standard InChI is InChI=1S/C13H19N3O3/c1-9(2)7-11(12(17)18)16-13(19)15-8-10-3-5-14-6-4-10/h3-6,9,11H,7-8H2,1-2H3,(H,17,18)(H2,15,16,19)/t11-/m0/s1. The maximum atomic E-state index is 11.6. The Bertz CT molecular complexity index is 420. The Morgan fingerprint density at radius 2 is 1.95 bits per heavy atom. The molecule has 1 atom stereocenters. The number of aromatic nitrogens is 1. The molecule has 1 heterocycles. The molecule has 104 valence electrons. The Morgan fingerprint density at radius 1 is 1.32 bits per heavy atom. The lowest BCUT2D eigenvalue weighted by molar-refractivity contribution is -0.139. The molecule has 3 N–H and O–H groups in total. The average molecular weight is 265 g/mol. The van der Waals surface area contributed by atoms with Crippen LogP contribution in [0, 0.1) is 5.92 Å². The van der Waals surface area contributed by atoms with E-state index >= 15 is 0 Å². The molecular formula is C13H19N3O3. The van der Waals surface area contributed by atoms with Crippen LogP contribution < -0.4 is 10.6 Å². The minimum Gasteiger partial charge on any atom is -0.480 e. The van der Waals surface area contributed by atoms with E-state index in [1.165, 1.54) is 0 Å². The monoisotopic (exact) mass is 265 g/mol. The number of carboxylic acid groups (broad SMARTS) is 1. The maximum Gasteiger partial charge on any atom is 0.326 e. The lowest BCUT2D eigenvalue weighted by atomic mass is 10.0. The van der Waals surface area contributed by atoms with Crippen LogP contribution in [0.2, 0.25) is 0 Å². The number of amides is 2. The van der Waals surface area contributed by atoms with Crippen LogP contribution in [0.4, 0.5) is 4.79 Å². The molecule has 0 unspecified atom stereocenters. The Labute approximate surface area is 112 Å². The van der Waals surface area contributed by atoms with Crippen LogP contribution in [0.1, 0.15) is 25.8 Å². The van der Waals surface area contributed by atoms with Gasteiger partial charge in [0.15, 0.2) is 0 Å². The van der Waals surface area contributed by atoms with Gasteiger partial charge >= 0.3 is 12.0 Å². The summed E-state index contributed by atoms with van der Waals surface area (Å²) in [6.45, 7) is 4.15. The second-order valence-electron chi connectivity index (χ2n) is 4.70. The van der Waals surface area contributed by atoms with Gasteiger partial charge in [-0.05, 0) is 30.0 Å². The fourth-order valence-electron chi connectivity index (χ4n) is 1.59. The minimum absolute atomic E-state index is 0.196. The highest BCUT2D eigenvalue weighted by atomic mass is 16.4. The second-order valence-corrected chi connectivity index (χ2v) is 4.70. The normalized spacial score (nSPS) is 11.9. The van der Waals surface area contributed by atoms with Crippen molar-refractivity contribution in [1.82, 2.24) is 15.6 Å². The fraction of sp³-hybridized carbons (Fsp3) is 0.462. The number of rotatable bonds is 6. The summed E-state index contributed by atoms with van der Waals surface area (Å²) in [5.41, 5.74) is 0.904. The summed E-state index contributed by atoms with van der Waals surface area (Å²) in [5.74, 6) is -0.825. The van der Waals surface area contributed by atoms with Crippen molar-refractivity contribution < 1.29 is 14.7 Å². The van der Waals surface area contributed by atoms with E-state index in [1.54, 1.807) is 24.5 Å². The lowest BCUT2D eigenvalue weighted by Gasteiger charge is -2.16. The van der Waals surface area contributed by atoms with Gasteiger partial charge in [-0.1, -0.05) is 13.8 Å². The highest BCUT2D eigenvalue weighted by molar-refractivity contribution is 5.82. The summed E-state index contributed by atoms with van der Waals surface area (Å²) in [6.07, 6.45) is 3.67. The Hall–Kier alpha value is -2.11. The van der Waals surface area contributed by atoms with Crippen LogP contribution in [0.5, 0.6) is 0 Å². The Balaban J connectivity index is 2.42. The van der Waals surface area contributed by atoms with E-state index < -0.39 is 18.0 Å². The molecule has 0 spiro atoms. The predicted octanol–water partition coefficient (Wildman–Crippen LogP) is 1.38. The number of nitrogens with zero attached hydrogens (tertiary/aromatic N) is 1. The predicted molar refractivity (Wildman–Crippen MR) is 70.5 cm³/mol. The number of nitrogens with one attached hydrogen (secondary N) is 2. The highest BCUT2D eigenvalue weighted by Crippen LogP contribution is 2.04. The van der Waals surface area contributed by atoms with E-state index in [0.717, 1.165) is 5.56 Å². The van der Waals surface area contributed by atoms with Crippen molar-refractivity contribution in [2.24, 2.45) is 5.92 Å². The molecular weight excluding hydrogens is 246 g/mol. The number of carboxylic acids is 1. The Morgan fingerprint density at radius 3 is 2.47 bits per heavy atom. The van der Waals surface area contributed by atoms with E-state index in [2.05, 4.69) is 15.6 Å². The molecule has 0 aliphatic rings. The van der Waals surface area contributed by atoms with Crippen molar-refractivity contribution >= 4 is 12.0 Å². The summed E-state index contributed by atoms with van der Waals surface area (Å²) in [7, 11) is 0. The number of urea groups is 1. The zero-order valence-corrected chi connectivity index (χ0v) is 11.1. The quantitative estimate of drug-likeness (QED) is 0.724. The molecule has 0 saturated carbocycles.